The van der Waals surface area contributed by atoms with Gasteiger partial charge in [-0.3, -0.25) is 4.79 Å². The fraction of sp³-hybridized carbons (Fsp3) is 0.700. The Morgan fingerprint density at radius 2 is 1.57 bits per heavy atom. The molecule has 7 heteroatoms. The normalized spacial score (nSPS) is 40.2. The molecule has 0 aromatic heterocycles. The highest BCUT2D eigenvalue weighted by Crippen LogP contribution is 2.44. The quantitative estimate of drug-likeness (QED) is 0.440. The number of methoxy groups -OCH3 is 3. The summed E-state index contributed by atoms with van der Waals surface area (Å²) in [6, 6.07) is 9.76. The summed E-state index contributed by atoms with van der Waals surface area (Å²) in [5, 5.41) is 11.9. The summed E-state index contributed by atoms with van der Waals surface area (Å²) in [6.07, 6.45) is 5.58. The van der Waals surface area contributed by atoms with Gasteiger partial charge in [-0.2, -0.15) is 0 Å². The highest BCUT2D eigenvalue weighted by molar-refractivity contribution is 5.73. The molecule has 1 aromatic rings. The molecule has 1 aromatic carbocycles. The number of aliphatic hydroxyl groups is 1. The Hall–Kier alpha value is -1.77. The molecular weight excluding hydrogens is 472 g/mol. The third-order valence-electron chi connectivity index (χ3n) is 8.48. The minimum absolute atomic E-state index is 0.0508. The van der Waals surface area contributed by atoms with E-state index in [1.807, 2.05) is 43.3 Å². The molecule has 0 amide bonds. The Balaban J connectivity index is 2.01. The Bertz CT molecular complexity index is 874. The molecule has 1 N–H and O–H groups in total. The third-order valence-corrected chi connectivity index (χ3v) is 8.48. The Kier molecular flexibility index (Phi) is 10.7. The molecule has 10 atom stereocenters. The Morgan fingerprint density at radius 3 is 2.19 bits per heavy atom. The van der Waals surface area contributed by atoms with Crippen molar-refractivity contribution in [2.45, 2.75) is 89.7 Å². The lowest BCUT2D eigenvalue weighted by Gasteiger charge is -2.52. The van der Waals surface area contributed by atoms with E-state index in [0.717, 1.165) is 24.8 Å². The van der Waals surface area contributed by atoms with Gasteiger partial charge in [0.05, 0.1) is 12.2 Å². The summed E-state index contributed by atoms with van der Waals surface area (Å²) in [4.78, 5) is 13.5. The van der Waals surface area contributed by atoms with Gasteiger partial charge in [0.15, 0.2) is 0 Å². The summed E-state index contributed by atoms with van der Waals surface area (Å²) in [7, 11) is 4.96. The predicted molar refractivity (Wildman–Crippen MR) is 142 cm³/mol. The third kappa shape index (κ3) is 6.63. The number of esters is 1. The van der Waals surface area contributed by atoms with Crippen LogP contribution >= 0.6 is 0 Å². The van der Waals surface area contributed by atoms with Gasteiger partial charge in [-0.25, -0.2) is 0 Å². The lowest BCUT2D eigenvalue weighted by atomic mass is 9.73. The van der Waals surface area contributed by atoms with Gasteiger partial charge in [-0.1, -0.05) is 69.7 Å². The van der Waals surface area contributed by atoms with Gasteiger partial charge in [0.1, 0.15) is 24.2 Å². The van der Waals surface area contributed by atoms with Crippen LogP contribution in [-0.2, 0) is 28.5 Å². The zero-order valence-electron chi connectivity index (χ0n) is 23.5. The van der Waals surface area contributed by atoms with E-state index in [1.165, 1.54) is 0 Å². The molecular formula is C30H46O7. The predicted octanol–water partition coefficient (Wildman–Crippen LogP) is 5.08. The van der Waals surface area contributed by atoms with Gasteiger partial charge >= 0.3 is 5.97 Å². The first-order valence-corrected chi connectivity index (χ1v) is 13.6. The summed E-state index contributed by atoms with van der Waals surface area (Å²) in [5.74, 6) is -3.32. The molecule has 0 spiro atoms. The smallest absolute Gasteiger partial charge is 0.314 e. The van der Waals surface area contributed by atoms with Gasteiger partial charge in [0.2, 0.25) is 5.79 Å². The molecule has 1 saturated heterocycles. The van der Waals surface area contributed by atoms with E-state index < -0.39 is 29.9 Å². The first-order valence-electron chi connectivity index (χ1n) is 13.6. The van der Waals surface area contributed by atoms with Gasteiger partial charge in [0.25, 0.3) is 0 Å². The Labute approximate surface area is 222 Å². The van der Waals surface area contributed by atoms with Gasteiger partial charge < -0.3 is 28.8 Å². The fourth-order valence-electron chi connectivity index (χ4n) is 5.87. The summed E-state index contributed by atoms with van der Waals surface area (Å²) < 4.78 is 29.8. The highest BCUT2D eigenvalue weighted by Gasteiger charge is 2.57. The van der Waals surface area contributed by atoms with Crippen molar-refractivity contribution in [3.63, 3.8) is 0 Å². The van der Waals surface area contributed by atoms with Gasteiger partial charge in [0, 0.05) is 27.2 Å². The molecule has 7 nitrogen and oxygen atoms in total. The van der Waals surface area contributed by atoms with Crippen molar-refractivity contribution in [2.24, 2.45) is 23.7 Å². The number of benzene rings is 1. The second-order valence-corrected chi connectivity index (χ2v) is 10.8. The molecule has 0 unspecified atom stereocenters. The van der Waals surface area contributed by atoms with E-state index in [4.69, 9.17) is 23.7 Å². The molecule has 2 bridgehead atoms. The topological polar surface area (TPSA) is 83.5 Å². The fourth-order valence-corrected chi connectivity index (χ4v) is 5.87. The molecule has 0 saturated carbocycles. The zero-order valence-corrected chi connectivity index (χ0v) is 23.5. The number of carbonyl (C=O) groups excluding carboxylic acids is 1. The molecule has 0 aliphatic carbocycles. The largest absolute Gasteiger partial charge is 0.457 e. The van der Waals surface area contributed by atoms with Crippen LogP contribution in [0.25, 0.3) is 0 Å². The summed E-state index contributed by atoms with van der Waals surface area (Å²) >= 11 is 0. The van der Waals surface area contributed by atoms with Crippen LogP contribution in [0.3, 0.4) is 0 Å². The van der Waals surface area contributed by atoms with Gasteiger partial charge in [-0.05, 0) is 43.6 Å². The molecule has 0 radical (unpaired) electrons. The van der Waals surface area contributed by atoms with Crippen LogP contribution in [0.1, 0.15) is 65.0 Å². The maximum absolute atomic E-state index is 13.5. The van der Waals surface area contributed by atoms with E-state index >= 15 is 0 Å². The van der Waals surface area contributed by atoms with Crippen molar-refractivity contribution < 1.29 is 33.6 Å². The monoisotopic (exact) mass is 518 g/mol. The number of carbonyl (C=O) groups is 1. The Morgan fingerprint density at radius 1 is 0.892 bits per heavy atom. The van der Waals surface area contributed by atoms with Crippen LogP contribution < -0.4 is 0 Å². The van der Waals surface area contributed by atoms with Gasteiger partial charge in [-0.15, -0.1) is 0 Å². The number of cyclic esters (lactones) is 1. The van der Waals surface area contributed by atoms with Crippen molar-refractivity contribution in [3.05, 3.63) is 48.0 Å². The van der Waals surface area contributed by atoms with Crippen LogP contribution in [0.2, 0.25) is 0 Å². The van der Waals surface area contributed by atoms with E-state index in [0.29, 0.717) is 6.42 Å². The summed E-state index contributed by atoms with van der Waals surface area (Å²) in [6.45, 7) is 7.87. The van der Waals surface area contributed by atoms with E-state index in [-0.39, 0.29) is 36.1 Å². The van der Waals surface area contributed by atoms with E-state index in [1.54, 1.807) is 28.3 Å². The second-order valence-electron chi connectivity index (χ2n) is 10.8. The van der Waals surface area contributed by atoms with Crippen molar-refractivity contribution in [1.29, 1.82) is 0 Å². The second kappa shape index (κ2) is 13.3. The zero-order chi connectivity index (χ0) is 27.2. The summed E-state index contributed by atoms with van der Waals surface area (Å²) in [5.41, 5.74) is 0.929. The standard InChI is InChI=1S/C30H46O7/c1-19-17-18-26(34-6)25(33-5)16-12-11-15-24(23-13-9-8-10-14-23)36-29(31)22(4)30(32)28(35-7)21(3)20(2)27(19)37-30/h8-10,13-14,17-22,24-28,32H,11-12,15-16H2,1-7H3/t19-,20-,21-,22+,24-,25-,26+,27-,28+,30+/m0/s1. The number of hydrogen-bond donors (Lipinski definition) is 1. The van der Waals surface area contributed by atoms with Crippen LogP contribution in [0.5, 0.6) is 0 Å². The number of fused-ring (bicyclic) bond motifs is 2. The van der Waals surface area contributed by atoms with Crippen molar-refractivity contribution in [3.8, 4) is 0 Å². The molecule has 1 fully saturated rings. The van der Waals surface area contributed by atoms with E-state index in [9.17, 15) is 9.90 Å². The molecule has 2 heterocycles. The highest BCUT2D eigenvalue weighted by atomic mass is 16.7. The minimum Gasteiger partial charge on any atom is -0.457 e. The lowest BCUT2D eigenvalue weighted by Crippen LogP contribution is -2.64. The molecule has 3 rings (SSSR count). The first-order chi connectivity index (χ1) is 17.7. The van der Waals surface area contributed by atoms with Crippen LogP contribution in [0, 0.1) is 23.7 Å². The maximum Gasteiger partial charge on any atom is 0.314 e. The van der Waals surface area contributed by atoms with Crippen molar-refractivity contribution in [2.75, 3.05) is 21.3 Å². The van der Waals surface area contributed by atoms with Crippen LogP contribution in [0.15, 0.2) is 42.5 Å². The van der Waals surface area contributed by atoms with Crippen molar-refractivity contribution >= 4 is 5.97 Å². The lowest BCUT2D eigenvalue weighted by molar-refractivity contribution is -0.351. The minimum atomic E-state index is -1.83. The van der Waals surface area contributed by atoms with E-state index in [2.05, 4.69) is 19.9 Å². The number of ether oxygens (including phenoxy) is 5. The number of hydrogen-bond acceptors (Lipinski definition) is 7. The molecule has 208 valence electrons. The maximum atomic E-state index is 13.5. The van der Waals surface area contributed by atoms with Crippen LogP contribution in [0.4, 0.5) is 0 Å². The van der Waals surface area contributed by atoms with Crippen LogP contribution in [-0.4, -0.2) is 62.6 Å². The molecule has 37 heavy (non-hydrogen) atoms. The average molecular weight is 519 g/mol. The SMILES string of the molecule is CO[C@H]1CCCC[C@@H](c2ccccc2)OC(=O)[C@@H](C)[C@@]2(O)O[C@H]([C@@H](C)[C@H](C)[C@H]2OC)[C@@H](C)C=C[C@H]1OC. The first kappa shape index (κ1) is 29.8. The number of rotatable bonds is 4. The molecule has 2 aliphatic heterocycles. The molecule has 2 aliphatic rings. The van der Waals surface area contributed by atoms with Crippen molar-refractivity contribution in [1.82, 2.24) is 0 Å². The average Bonchev–Trinajstić information content (AvgIpc) is 2.90.